The minimum Gasteiger partial charge on any atom is -0.317 e. The molecule has 0 bridgehead atoms. The summed E-state index contributed by atoms with van der Waals surface area (Å²) in [6.07, 6.45) is 8.88. The van der Waals surface area contributed by atoms with Crippen molar-refractivity contribution >= 4 is 0 Å². The monoisotopic (exact) mass is 247 g/mol. The van der Waals surface area contributed by atoms with Crippen molar-refractivity contribution in [2.24, 2.45) is 5.92 Å². The summed E-state index contributed by atoms with van der Waals surface area (Å²) < 4.78 is 0. The van der Waals surface area contributed by atoms with Crippen LogP contribution in [0.5, 0.6) is 0 Å². The van der Waals surface area contributed by atoms with Crippen molar-refractivity contribution in [3.05, 3.63) is 23.3 Å². The maximum atomic E-state index is 4.54. The second-order valence-electron chi connectivity index (χ2n) is 5.77. The molecule has 1 aromatic rings. The van der Waals surface area contributed by atoms with Gasteiger partial charge in [0.25, 0.3) is 0 Å². The van der Waals surface area contributed by atoms with Gasteiger partial charge in [0.15, 0.2) is 0 Å². The van der Waals surface area contributed by atoms with Gasteiger partial charge in [-0.25, -0.2) is 9.97 Å². The maximum Gasteiger partial charge on any atom is 0.115 e. The summed E-state index contributed by atoms with van der Waals surface area (Å²) in [6.45, 7) is 4.56. The Hall–Kier alpha value is -0.960. The van der Waals surface area contributed by atoms with Gasteiger partial charge >= 0.3 is 0 Å². The van der Waals surface area contributed by atoms with Crippen molar-refractivity contribution in [2.45, 2.75) is 58.4 Å². The smallest absolute Gasteiger partial charge is 0.115 e. The van der Waals surface area contributed by atoms with Gasteiger partial charge in [-0.1, -0.05) is 13.8 Å². The molecule has 1 aromatic heterocycles. The molecule has 0 saturated heterocycles. The fourth-order valence-corrected chi connectivity index (χ4v) is 2.87. The van der Waals surface area contributed by atoms with Crippen molar-refractivity contribution < 1.29 is 0 Å². The Bertz CT molecular complexity index is 387. The molecule has 2 rings (SSSR count). The van der Waals surface area contributed by atoms with E-state index >= 15 is 0 Å². The van der Waals surface area contributed by atoms with E-state index in [9.17, 15) is 0 Å². The van der Waals surface area contributed by atoms with Gasteiger partial charge in [0.1, 0.15) is 6.33 Å². The van der Waals surface area contributed by atoms with Gasteiger partial charge in [-0.3, -0.25) is 0 Å². The Morgan fingerprint density at radius 1 is 1.22 bits per heavy atom. The topological polar surface area (TPSA) is 37.8 Å². The number of likely N-dealkylation sites (N-methyl/N-ethyl adjacent to an activating group) is 1. The Morgan fingerprint density at radius 3 is 2.72 bits per heavy atom. The number of nitrogens with zero attached hydrogens (tertiary/aromatic N) is 2. The Kier molecular flexibility index (Phi) is 4.70. The van der Waals surface area contributed by atoms with E-state index in [1.807, 2.05) is 0 Å². The van der Waals surface area contributed by atoms with E-state index in [0.29, 0.717) is 6.04 Å². The zero-order chi connectivity index (χ0) is 13.0. The molecule has 3 nitrogen and oxygen atoms in total. The van der Waals surface area contributed by atoms with Crippen molar-refractivity contribution in [2.75, 3.05) is 7.05 Å². The van der Waals surface area contributed by atoms with E-state index in [1.54, 1.807) is 6.33 Å². The summed E-state index contributed by atoms with van der Waals surface area (Å²) in [4.78, 5) is 8.98. The molecule has 1 heterocycles. The minimum atomic E-state index is 0.533. The quantitative estimate of drug-likeness (QED) is 0.869. The molecule has 0 aromatic carbocycles. The zero-order valence-electron chi connectivity index (χ0n) is 11.9. The van der Waals surface area contributed by atoms with Crippen LogP contribution in [0.2, 0.25) is 0 Å². The van der Waals surface area contributed by atoms with Crippen LogP contribution in [0.3, 0.4) is 0 Å². The molecule has 0 saturated carbocycles. The number of fused-ring (bicyclic) bond motifs is 1. The molecule has 18 heavy (non-hydrogen) atoms. The number of hydrogen-bond acceptors (Lipinski definition) is 3. The molecule has 3 heteroatoms. The molecule has 1 aliphatic rings. The van der Waals surface area contributed by atoms with Gasteiger partial charge in [-0.15, -0.1) is 0 Å². The number of aryl methyl sites for hydroxylation is 1. The molecular formula is C15H25N3. The molecule has 1 atom stereocenters. The minimum absolute atomic E-state index is 0.533. The lowest BCUT2D eigenvalue weighted by molar-refractivity contribution is 0.436. The van der Waals surface area contributed by atoms with Gasteiger partial charge in [-0.2, -0.15) is 0 Å². The van der Waals surface area contributed by atoms with Crippen LogP contribution in [0.25, 0.3) is 0 Å². The van der Waals surface area contributed by atoms with Crippen LogP contribution in [-0.4, -0.2) is 23.1 Å². The lowest BCUT2D eigenvalue weighted by Gasteiger charge is -2.22. The second-order valence-corrected chi connectivity index (χ2v) is 5.77. The van der Waals surface area contributed by atoms with Gasteiger partial charge in [-0.05, 0) is 50.6 Å². The fourth-order valence-electron chi connectivity index (χ4n) is 2.87. The SMILES string of the molecule is CNC(Cc1ncnc2c1CCCC2)CC(C)C. The highest BCUT2D eigenvalue weighted by molar-refractivity contribution is 5.27. The van der Waals surface area contributed by atoms with Gasteiger partial charge in [0.05, 0.1) is 0 Å². The first-order valence-electron chi connectivity index (χ1n) is 7.19. The predicted molar refractivity (Wildman–Crippen MR) is 74.7 cm³/mol. The van der Waals surface area contributed by atoms with E-state index in [2.05, 4.69) is 36.2 Å². The maximum absolute atomic E-state index is 4.54. The third-order valence-corrected chi connectivity index (χ3v) is 3.82. The highest BCUT2D eigenvalue weighted by Crippen LogP contribution is 2.22. The summed E-state index contributed by atoms with van der Waals surface area (Å²) in [6, 6.07) is 0.533. The molecule has 0 fully saturated rings. The highest BCUT2D eigenvalue weighted by atomic mass is 14.9. The molecule has 0 spiro atoms. The lowest BCUT2D eigenvalue weighted by Crippen LogP contribution is -2.30. The standard InChI is InChI=1S/C15H25N3/c1-11(2)8-12(16-3)9-15-13-6-4-5-7-14(13)17-10-18-15/h10-12,16H,4-9H2,1-3H3. The summed E-state index contributed by atoms with van der Waals surface area (Å²) in [5.41, 5.74) is 4.01. The van der Waals surface area contributed by atoms with E-state index in [4.69, 9.17) is 0 Å². The highest BCUT2D eigenvalue weighted by Gasteiger charge is 2.18. The Labute approximate surface area is 110 Å². The van der Waals surface area contributed by atoms with Crippen LogP contribution >= 0.6 is 0 Å². The molecule has 0 radical (unpaired) electrons. The fraction of sp³-hybridized carbons (Fsp3) is 0.733. The first-order valence-corrected chi connectivity index (χ1v) is 7.19. The molecule has 1 unspecified atom stereocenters. The molecule has 0 amide bonds. The second kappa shape index (κ2) is 6.28. The third kappa shape index (κ3) is 3.29. The zero-order valence-corrected chi connectivity index (χ0v) is 11.9. The summed E-state index contributed by atoms with van der Waals surface area (Å²) >= 11 is 0. The molecule has 1 aliphatic carbocycles. The molecule has 1 N–H and O–H groups in total. The predicted octanol–water partition coefficient (Wildman–Crippen LogP) is 2.53. The van der Waals surface area contributed by atoms with Crippen LogP contribution in [0.1, 0.15) is 50.1 Å². The normalized spacial score (nSPS) is 16.7. The third-order valence-electron chi connectivity index (χ3n) is 3.82. The van der Waals surface area contributed by atoms with Crippen LogP contribution in [-0.2, 0) is 19.3 Å². The number of hydrogen-bond donors (Lipinski definition) is 1. The molecule has 0 aliphatic heterocycles. The molecule has 100 valence electrons. The van der Waals surface area contributed by atoms with Crippen molar-refractivity contribution in [1.82, 2.24) is 15.3 Å². The van der Waals surface area contributed by atoms with Crippen molar-refractivity contribution in [3.8, 4) is 0 Å². The number of aromatic nitrogens is 2. The van der Waals surface area contributed by atoms with Gasteiger partial charge in [0, 0.05) is 23.9 Å². The van der Waals surface area contributed by atoms with Crippen LogP contribution in [0.15, 0.2) is 6.33 Å². The Balaban J connectivity index is 2.12. The van der Waals surface area contributed by atoms with E-state index in [0.717, 1.165) is 18.8 Å². The number of rotatable bonds is 5. The van der Waals surface area contributed by atoms with Crippen LogP contribution in [0.4, 0.5) is 0 Å². The van der Waals surface area contributed by atoms with Crippen LogP contribution < -0.4 is 5.32 Å². The van der Waals surface area contributed by atoms with Gasteiger partial charge in [0.2, 0.25) is 0 Å². The summed E-state index contributed by atoms with van der Waals surface area (Å²) in [5.74, 6) is 0.722. The van der Waals surface area contributed by atoms with E-state index < -0.39 is 0 Å². The summed E-state index contributed by atoms with van der Waals surface area (Å²) in [7, 11) is 2.06. The number of nitrogens with one attached hydrogen (secondary N) is 1. The molecular weight excluding hydrogens is 222 g/mol. The largest absolute Gasteiger partial charge is 0.317 e. The van der Waals surface area contributed by atoms with Gasteiger partial charge < -0.3 is 5.32 Å². The average molecular weight is 247 g/mol. The van der Waals surface area contributed by atoms with E-state index in [-0.39, 0.29) is 0 Å². The summed E-state index contributed by atoms with van der Waals surface area (Å²) in [5, 5.41) is 3.43. The Morgan fingerprint density at radius 2 is 2.00 bits per heavy atom. The van der Waals surface area contributed by atoms with Crippen LogP contribution in [0, 0.1) is 5.92 Å². The van der Waals surface area contributed by atoms with Crippen molar-refractivity contribution in [1.29, 1.82) is 0 Å². The lowest BCUT2D eigenvalue weighted by atomic mass is 9.91. The first kappa shape index (κ1) is 13.5. The first-order chi connectivity index (χ1) is 8.70. The average Bonchev–Trinajstić information content (AvgIpc) is 2.38. The van der Waals surface area contributed by atoms with E-state index in [1.165, 1.54) is 42.6 Å². The van der Waals surface area contributed by atoms with Crippen molar-refractivity contribution in [3.63, 3.8) is 0 Å².